The first-order valence-electron chi connectivity index (χ1n) is 16.2. The molecule has 20 heteroatoms. The highest BCUT2D eigenvalue weighted by Crippen LogP contribution is 2.24. The van der Waals surface area contributed by atoms with Crippen molar-refractivity contribution in [3.63, 3.8) is 0 Å². The molecular weight excluding hydrogens is 652 g/mol. The van der Waals surface area contributed by atoms with E-state index in [4.69, 9.17) is 26.8 Å². The second-order valence-electron chi connectivity index (χ2n) is 12.4. The van der Waals surface area contributed by atoms with E-state index >= 15 is 0 Å². The highest BCUT2D eigenvalue weighted by Gasteiger charge is 2.46. The van der Waals surface area contributed by atoms with Gasteiger partial charge in [-0.25, -0.2) is 0 Å². The minimum atomic E-state index is -1.73. The summed E-state index contributed by atoms with van der Waals surface area (Å²) in [6.45, 7) is 3.55. The van der Waals surface area contributed by atoms with Gasteiger partial charge in [-0.3, -0.25) is 28.8 Å². The largest absolute Gasteiger partial charge is 0.394 e. The van der Waals surface area contributed by atoms with Gasteiger partial charge < -0.3 is 68.7 Å². The van der Waals surface area contributed by atoms with E-state index in [9.17, 15) is 49.5 Å². The minimum absolute atomic E-state index is 0.103. The molecule has 0 aromatic heterocycles. The summed E-state index contributed by atoms with van der Waals surface area (Å²) in [5, 5.41) is 61.0. The summed E-state index contributed by atoms with van der Waals surface area (Å²) < 4.78 is 5.51. The molecule has 0 spiro atoms. The molecule has 1 fully saturated rings. The zero-order chi connectivity index (χ0) is 37.4. The monoisotopic (exact) mass is 708 g/mol. The van der Waals surface area contributed by atoms with Crippen molar-refractivity contribution >= 4 is 29.5 Å². The highest BCUT2D eigenvalue weighted by atomic mass is 16.7. The molecule has 1 aliphatic heterocycles. The van der Waals surface area contributed by atoms with Crippen LogP contribution in [0.25, 0.3) is 0 Å². The molecule has 1 rings (SSSR count). The predicted molar refractivity (Wildman–Crippen MR) is 172 cm³/mol. The SMILES string of the molecule is CON(CC[C@H](NC(=O)[C@H](C)NC(=O)[C@@H](N)CC(C)C)C(=O)N[C@@H](CO)C(=O)N[C@@H](CCCCN)C(N)=O)[C@@H]1O[C@H](CO)[C@@H](O)[C@H](O)[C@H]1O. The number of rotatable bonds is 22. The first-order chi connectivity index (χ1) is 23.0. The van der Waals surface area contributed by atoms with Crippen LogP contribution in [0.4, 0.5) is 0 Å². The van der Waals surface area contributed by atoms with Gasteiger partial charge in [-0.2, -0.15) is 5.06 Å². The van der Waals surface area contributed by atoms with Crippen LogP contribution in [0.2, 0.25) is 0 Å². The van der Waals surface area contributed by atoms with Crippen molar-refractivity contribution in [3.8, 4) is 0 Å². The Balaban J connectivity index is 3.20. The second kappa shape index (κ2) is 21.9. The molecule has 0 radical (unpaired) electrons. The molecule has 20 nitrogen and oxygen atoms in total. The molecule has 1 aliphatic rings. The maximum Gasteiger partial charge on any atom is 0.245 e. The van der Waals surface area contributed by atoms with E-state index in [1.165, 1.54) is 14.0 Å². The average molecular weight is 709 g/mol. The van der Waals surface area contributed by atoms with Crippen molar-refractivity contribution in [1.82, 2.24) is 26.3 Å². The third-order valence-corrected chi connectivity index (χ3v) is 7.89. The Kier molecular flexibility index (Phi) is 19.7. The zero-order valence-electron chi connectivity index (χ0n) is 28.5. The van der Waals surface area contributed by atoms with Gasteiger partial charge in [0.2, 0.25) is 29.5 Å². The van der Waals surface area contributed by atoms with Crippen LogP contribution >= 0.6 is 0 Å². The van der Waals surface area contributed by atoms with Crippen molar-refractivity contribution in [3.05, 3.63) is 0 Å². The number of carbonyl (C=O) groups is 5. The molecule has 49 heavy (non-hydrogen) atoms. The molecule has 0 aromatic carbocycles. The Morgan fingerprint density at radius 3 is 1.94 bits per heavy atom. The van der Waals surface area contributed by atoms with Gasteiger partial charge in [-0.1, -0.05) is 13.8 Å². The van der Waals surface area contributed by atoms with Crippen LogP contribution in [0.3, 0.4) is 0 Å². The Morgan fingerprint density at radius 2 is 1.41 bits per heavy atom. The second-order valence-corrected chi connectivity index (χ2v) is 12.4. The average Bonchev–Trinajstić information content (AvgIpc) is 3.05. The van der Waals surface area contributed by atoms with Crippen molar-refractivity contribution in [2.75, 3.05) is 33.4 Å². The van der Waals surface area contributed by atoms with Gasteiger partial charge in [-0.05, 0) is 51.5 Å². The minimum Gasteiger partial charge on any atom is -0.394 e. The number of aliphatic hydroxyl groups is 5. The Labute approximate surface area is 285 Å². The van der Waals surface area contributed by atoms with Crippen LogP contribution < -0.4 is 38.5 Å². The molecule has 15 N–H and O–H groups in total. The van der Waals surface area contributed by atoms with Crippen LogP contribution in [-0.4, -0.2) is 154 Å². The number of aliphatic hydroxyl groups excluding tert-OH is 5. The fourth-order valence-corrected chi connectivity index (χ4v) is 4.98. The molecule has 0 aliphatic carbocycles. The summed E-state index contributed by atoms with van der Waals surface area (Å²) in [5.74, 6) is -4.06. The summed E-state index contributed by atoms with van der Waals surface area (Å²) in [6, 6.07) is -6.24. The lowest BCUT2D eigenvalue weighted by Crippen LogP contribution is -2.63. The quantitative estimate of drug-likeness (QED) is 0.0368. The van der Waals surface area contributed by atoms with Crippen molar-refractivity contribution in [2.45, 2.75) is 114 Å². The van der Waals surface area contributed by atoms with Crippen molar-refractivity contribution in [2.24, 2.45) is 23.1 Å². The first kappa shape index (κ1) is 44.0. The highest BCUT2D eigenvalue weighted by molar-refractivity contribution is 5.95. The molecule has 0 saturated carbocycles. The molecule has 5 amide bonds. The number of unbranched alkanes of at least 4 members (excludes halogenated alkanes) is 1. The molecule has 0 aromatic rings. The fourth-order valence-electron chi connectivity index (χ4n) is 4.98. The zero-order valence-corrected chi connectivity index (χ0v) is 28.5. The van der Waals surface area contributed by atoms with Gasteiger partial charge in [-0.15, -0.1) is 0 Å². The van der Waals surface area contributed by atoms with Crippen molar-refractivity contribution in [1.29, 1.82) is 0 Å². The van der Waals surface area contributed by atoms with E-state index in [-0.39, 0.29) is 25.3 Å². The molecule has 0 bridgehead atoms. The fraction of sp³-hybridized carbons (Fsp3) is 0.828. The Morgan fingerprint density at radius 1 is 0.816 bits per heavy atom. The Hall–Kier alpha value is -3.05. The number of ether oxygens (including phenoxy) is 1. The van der Waals surface area contributed by atoms with E-state index < -0.39 is 104 Å². The van der Waals surface area contributed by atoms with Gasteiger partial charge in [0.1, 0.15) is 48.6 Å². The number of carbonyl (C=O) groups excluding carboxylic acids is 5. The normalized spacial score (nSPS) is 24.0. The number of primary amides is 1. The van der Waals surface area contributed by atoms with E-state index in [2.05, 4.69) is 21.3 Å². The Bertz CT molecular complexity index is 1070. The van der Waals surface area contributed by atoms with Crippen LogP contribution in [0, 0.1) is 5.92 Å². The summed E-state index contributed by atoms with van der Waals surface area (Å²) in [4.78, 5) is 69.3. The summed E-state index contributed by atoms with van der Waals surface area (Å²) in [7, 11) is 1.18. The summed E-state index contributed by atoms with van der Waals surface area (Å²) in [6.07, 6.45) is -6.58. The van der Waals surface area contributed by atoms with E-state index in [0.717, 1.165) is 5.06 Å². The van der Waals surface area contributed by atoms with Gasteiger partial charge in [0.15, 0.2) is 6.23 Å². The lowest BCUT2D eigenvalue weighted by Gasteiger charge is -2.43. The number of amides is 5. The van der Waals surface area contributed by atoms with Crippen LogP contribution in [0.1, 0.15) is 52.9 Å². The van der Waals surface area contributed by atoms with Gasteiger partial charge >= 0.3 is 0 Å². The molecule has 1 heterocycles. The smallest absolute Gasteiger partial charge is 0.245 e. The number of nitrogens with one attached hydrogen (secondary N) is 4. The van der Waals surface area contributed by atoms with Crippen LogP contribution in [0.5, 0.6) is 0 Å². The van der Waals surface area contributed by atoms with Crippen molar-refractivity contribution < 1.29 is 59.1 Å². The molecule has 0 unspecified atom stereocenters. The standard InChI is InChI=1S/C29H56N8O12/c1-14(2)11-16(31)26(45)33-15(3)25(44)35-18(8-10-37(48-4)29-23(42)22(41)21(40)20(13-39)49-29)27(46)36-19(12-38)28(47)34-17(24(32)43)7-5-6-9-30/h14-23,29,38-42H,5-13,30-31H2,1-4H3,(H2,32,43)(H,33,45)(H,34,47)(H,35,44)(H,36,46)/t15-,16-,17-,18-,19-,20+,21+,22-,23+,29+/m0/s1. The van der Waals surface area contributed by atoms with Crippen LogP contribution in [-0.2, 0) is 33.5 Å². The third kappa shape index (κ3) is 14.0. The number of hydroxylamine groups is 2. The van der Waals surface area contributed by atoms with Gasteiger partial charge in [0.05, 0.1) is 26.4 Å². The first-order valence-corrected chi connectivity index (χ1v) is 16.2. The maximum atomic E-state index is 13.5. The number of hydrogen-bond acceptors (Lipinski definition) is 15. The number of nitrogens with zero attached hydrogens (tertiary/aromatic N) is 1. The number of hydrogen-bond donors (Lipinski definition) is 12. The summed E-state index contributed by atoms with van der Waals surface area (Å²) in [5.41, 5.74) is 16.8. The third-order valence-electron chi connectivity index (χ3n) is 7.89. The van der Waals surface area contributed by atoms with E-state index in [0.29, 0.717) is 25.8 Å². The van der Waals surface area contributed by atoms with E-state index in [1.54, 1.807) is 0 Å². The predicted octanol–water partition coefficient (Wildman–Crippen LogP) is -6.02. The van der Waals surface area contributed by atoms with Gasteiger partial charge in [0.25, 0.3) is 0 Å². The van der Waals surface area contributed by atoms with E-state index in [1.807, 2.05) is 13.8 Å². The molecular formula is C29H56N8O12. The lowest BCUT2D eigenvalue weighted by atomic mass is 9.98. The topological polar surface area (TPSA) is 334 Å². The molecule has 10 atom stereocenters. The van der Waals surface area contributed by atoms with Gasteiger partial charge in [0, 0.05) is 6.54 Å². The maximum absolute atomic E-state index is 13.5. The molecule has 1 saturated heterocycles. The number of nitrogens with two attached hydrogens (primary N) is 3. The van der Waals surface area contributed by atoms with Crippen LogP contribution in [0.15, 0.2) is 0 Å². The summed E-state index contributed by atoms with van der Waals surface area (Å²) >= 11 is 0. The molecule has 284 valence electrons. The lowest BCUT2D eigenvalue weighted by molar-refractivity contribution is -0.328.